The predicted octanol–water partition coefficient (Wildman–Crippen LogP) is 3.52. The second kappa shape index (κ2) is 8.45. The molecule has 148 valence electrons. The number of nitrogens with one attached hydrogen (secondary N) is 2. The largest absolute Gasteiger partial charge is 0.366 e. The number of nitrogens with zero attached hydrogens (tertiary/aromatic N) is 1. The fourth-order valence-electron chi connectivity index (χ4n) is 3.22. The Balaban J connectivity index is 1.56. The molecule has 2 heterocycles. The van der Waals surface area contributed by atoms with Crippen LogP contribution in [0.25, 0.3) is 22.7 Å². The van der Waals surface area contributed by atoms with E-state index in [-0.39, 0.29) is 5.91 Å². The van der Waals surface area contributed by atoms with Gasteiger partial charge in [-0.15, -0.1) is 0 Å². The number of carbonyl (C=O) groups is 2. The number of hydrogen-bond donors (Lipinski definition) is 3. The maximum Gasteiger partial charge on any atom is 0.251 e. The van der Waals surface area contributed by atoms with E-state index in [2.05, 4.69) is 15.3 Å². The second-order valence-corrected chi connectivity index (χ2v) is 6.78. The quantitative estimate of drug-likeness (QED) is 0.435. The molecular formula is C24H20N4O2. The van der Waals surface area contributed by atoms with Crippen LogP contribution in [0.5, 0.6) is 0 Å². The van der Waals surface area contributed by atoms with E-state index in [1.807, 2.05) is 60.7 Å². The fraction of sp³-hybridized carbons (Fsp3) is 0.0417. The summed E-state index contributed by atoms with van der Waals surface area (Å²) >= 11 is 0. The molecule has 0 saturated carbocycles. The summed E-state index contributed by atoms with van der Waals surface area (Å²) in [6.07, 6.45) is 3.55. The molecule has 4 N–H and O–H groups in total. The van der Waals surface area contributed by atoms with Crippen LogP contribution < -0.4 is 11.1 Å². The van der Waals surface area contributed by atoms with E-state index < -0.39 is 5.91 Å². The number of aromatic nitrogens is 2. The number of H-pyrrole nitrogens is 1. The molecule has 0 saturated heterocycles. The van der Waals surface area contributed by atoms with E-state index >= 15 is 0 Å². The van der Waals surface area contributed by atoms with Gasteiger partial charge in [0.15, 0.2) is 0 Å². The molecular weight excluding hydrogens is 376 g/mol. The maximum absolute atomic E-state index is 12.2. The number of carbonyl (C=O) groups excluding carboxylic acids is 2. The summed E-state index contributed by atoms with van der Waals surface area (Å²) in [5, 5.41) is 3.73. The van der Waals surface area contributed by atoms with Crippen molar-refractivity contribution < 1.29 is 9.59 Å². The van der Waals surface area contributed by atoms with Crippen LogP contribution in [0, 0.1) is 0 Å². The molecule has 6 nitrogen and oxygen atoms in total. The molecule has 0 spiro atoms. The molecule has 0 unspecified atom stereocenters. The van der Waals surface area contributed by atoms with Gasteiger partial charge in [0.2, 0.25) is 5.91 Å². The molecule has 2 aromatic heterocycles. The molecule has 0 aliphatic carbocycles. The zero-order valence-electron chi connectivity index (χ0n) is 16.1. The SMILES string of the molecule is NC(=O)/C(=C\c1c[nH]c2nc(CNC(=O)c3ccccc3)ccc12)c1ccccc1. The van der Waals surface area contributed by atoms with Gasteiger partial charge >= 0.3 is 0 Å². The summed E-state index contributed by atoms with van der Waals surface area (Å²) in [6, 6.07) is 22.1. The monoisotopic (exact) mass is 396 g/mol. The van der Waals surface area contributed by atoms with Crippen molar-refractivity contribution in [1.29, 1.82) is 0 Å². The van der Waals surface area contributed by atoms with E-state index in [9.17, 15) is 9.59 Å². The smallest absolute Gasteiger partial charge is 0.251 e. The van der Waals surface area contributed by atoms with Gasteiger partial charge < -0.3 is 16.0 Å². The lowest BCUT2D eigenvalue weighted by molar-refractivity contribution is -0.112. The van der Waals surface area contributed by atoms with Gasteiger partial charge in [-0.05, 0) is 35.9 Å². The maximum atomic E-state index is 12.2. The lowest BCUT2D eigenvalue weighted by atomic mass is 10.0. The van der Waals surface area contributed by atoms with E-state index in [0.717, 1.165) is 22.2 Å². The molecule has 0 aliphatic heterocycles. The Hall–Kier alpha value is -4.19. The number of primary amides is 1. The van der Waals surface area contributed by atoms with Crippen molar-refractivity contribution in [1.82, 2.24) is 15.3 Å². The third kappa shape index (κ3) is 4.12. The third-order valence-corrected chi connectivity index (χ3v) is 4.74. The lowest BCUT2D eigenvalue weighted by Crippen LogP contribution is -2.23. The third-order valence-electron chi connectivity index (χ3n) is 4.74. The molecule has 2 amide bonds. The predicted molar refractivity (Wildman–Crippen MR) is 117 cm³/mol. The van der Waals surface area contributed by atoms with Crippen molar-refractivity contribution in [2.24, 2.45) is 5.73 Å². The molecule has 0 fully saturated rings. The molecule has 0 aliphatic rings. The zero-order chi connectivity index (χ0) is 20.9. The van der Waals surface area contributed by atoms with Gasteiger partial charge in [0.25, 0.3) is 5.91 Å². The highest BCUT2D eigenvalue weighted by atomic mass is 16.2. The Kier molecular flexibility index (Phi) is 5.39. The highest BCUT2D eigenvalue weighted by Gasteiger charge is 2.11. The number of rotatable bonds is 6. The Morgan fingerprint density at radius 2 is 1.60 bits per heavy atom. The van der Waals surface area contributed by atoms with Crippen molar-refractivity contribution in [2.45, 2.75) is 6.54 Å². The molecule has 4 aromatic rings. The summed E-state index contributed by atoms with van der Waals surface area (Å²) in [5.41, 5.74) is 9.59. The van der Waals surface area contributed by atoms with Crippen molar-refractivity contribution in [3.8, 4) is 0 Å². The van der Waals surface area contributed by atoms with E-state index in [0.29, 0.717) is 23.3 Å². The van der Waals surface area contributed by atoms with E-state index in [1.54, 1.807) is 24.4 Å². The molecule has 0 atom stereocenters. The number of nitrogens with two attached hydrogens (primary N) is 1. The standard InChI is InChI=1S/C24H20N4O2/c25-22(29)21(16-7-3-1-4-8-16)13-18-14-26-23-20(18)12-11-19(28-23)15-27-24(30)17-9-5-2-6-10-17/h1-14H,15H2,(H2,25,29)(H,26,28)(H,27,30)/b21-13-. The van der Waals surface area contributed by atoms with Gasteiger partial charge in [0.05, 0.1) is 12.2 Å². The Labute approximate surface area is 173 Å². The van der Waals surface area contributed by atoms with Crippen LogP contribution in [0.15, 0.2) is 79.0 Å². The Bertz CT molecular complexity index is 1230. The van der Waals surface area contributed by atoms with Gasteiger partial charge in [-0.3, -0.25) is 9.59 Å². The molecule has 0 bridgehead atoms. The minimum absolute atomic E-state index is 0.151. The first-order valence-corrected chi connectivity index (χ1v) is 9.49. The van der Waals surface area contributed by atoms with Crippen molar-refractivity contribution in [3.63, 3.8) is 0 Å². The minimum atomic E-state index is -0.497. The van der Waals surface area contributed by atoms with Crippen LogP contribution in [-0.4, -0.2) is 21.8 Å². The summed E-state index contributed by atoms with van der Waals surface area (Å²) in [4.78, 5) is 31.9. The van der Waals surface area contributed by atoms with Gasteiger partial charge in [-0.1, -0.05) is 48.5 Å². The van der Waals surface area contributed by atoms with Crippen molar-refractivity contribution >= 4 is 34.5 Å². The highest BCUT2D eigenvalue weighted by Crippen LogP contribution is 2.23. The van der Waals surface area contributed by atoms with Crippen LogP contribution >= 0.6 is 0 Å². The molecule has 0 radical (unpaired) electrons. The number of pyridine rings is 1. The van der Waals surface area contributed by atoms with Crippen LogP contribution in [0.1, 0.15) is 27.2 Å². The highest BCUT2D eigenvalue weighted by molar-refractivity contribution is 6.24. The first kappa shape index (κ1) is 19.1. The number of amides is 2. The molecule has 30 heavy (non-hydrogen) atoms. The number of aromatic amines is 1. The van der Waals surface area contributed by atoms with Gasteiger partial charge in [-0.2, -0.15) is 0 Å². The number of benzene rings is 2. The summed E-state index contributed by atoms with van der Waals surface area (Å²) in [7, 11) is 0. The average molecular weight is 396 g/mol. The van der Waals surface area contributed by atoms with Crippen molar-refractivity contribution in [2.75, 3.05) is 0 Å². The van der Waals surface area contributed by atoms with Gasteiger partial charge in [0, 0.05) is 28.3 Å². The summed E-state index contributed by atoms with van der Waals surface area (Å²) in [5.74, 6) is -0.648. The second-order valence-electron chi connectivity index (χ2n) is 6.78. The molecule has 2 aromatic carbocycles. The van der Waals surface area contributed by atoms with Crippen LogP contribution in [-0.2, 0) is 11.3 Å². The van der Waals surface area contributed by atoms with E-state index in [1.165, 1.54) is 0 Å². The normalized spacial score (nSPS) is 11.4. The first-order valence-electron chi connectivity index (χ1n) is 9.49. The van der Waals surface area contributed by atoms with Gasteiger partial charge in [-0.25, -0.2) is 4.98 Å². The minimum Gasteiger partial charge on any atom is -0.366 e. The van der Waals surface area contributed by atoms with Crippen LogP contribution in [0.2, 0.25) is 0 Å². The molecule has 6 heteroatoms. The lowest BCUT2D eigenvalue weighted by Gasteiger charge is -2.05. The number of hydrogen-bond acceptors (Lipinski definition) is 3. The molecule has 4 rings (SSSR count). The number of fused-ring (bicyclic) bond motifs is 1. The first-order chi connectivity index (χ1) is 14.6. The van der Waals surface area contributed by atoms with Crippen molar-refractivity contribution in [3.05, 3.63) is 101 Å². The topological polar surface area (TPSA) is 101 Å². The van der Waals surface area contributed by atoms with E-state index in [4.69, 9.17) is 5.73 Å². The van der Waals surface area contributed by atoms with Crippen LogP contribution in [0.4, 0.5) is 0 Å². The Morgan fingerprint density at radius 3 is 2.27 bits per heavy atom. The van der Waals surface area contributed by atoms with Gasteiger partial charge in [0.1, 0.15) is 5.65 Å². The van der Waals surface area contributed by atoms with Crippen LogP contribution in [0.3, 0.4) is 0 Å². The zero-order valence-corrected chi connectivity index (χ0v) is 16.1. The Morgan fingerprint density at radius 1 is 0.933 bits per heavy atom. The summed E-state index contributed by atoms with van der Waals surface area (Å²) < 4.78 is 0. The average Bonchev–Trinajstić information content (AvgIpc) is 3.18. The summed E-state index contributed by atoms with van der Waals surface area (Å²) in [6.45, 7) is 0.310. The fourth-order valence-corrected chi connectivity index (χ4v) is 3.22.